The Morgan fingerprint density at radius 3 is 1.07 bits per heavy atom. The average molecular weight is 1720 g/mol. The number of nitrogens with zero attached hydrogens (tertiary/aromatic N) is 1. The number of carbonyl (C=O) groups excluding carboxylic acids is 11. The molecule has 0 spiro atoms. The van der Waals surface area contributed by atoms with E-state index in [-0.39, 0.29) is 203 Å². The van der Waals surface area contributed by atoms with Crippen molar-refractivity contribution in [3.05, 3.63) is 0 Å². The van der Waals surface area contributed by atoms with E-state index < -0.39 is 129 Å². The van der Waals surface area contributed by atoms with Crippen LogP contribution >= 0.6 is 0 Å². The van der Waals surface area contributed by atoms with Gasteiger partial charge in [0.05, 0.1) is 84.3 Å². The molecule has 4 aliphatic heterocycles. The number of carbonyl (C=O) groups is 11. The summed E-state index contributed by atoms with van der Waals surface area (Å²) in [4.78, 5) is 142. The van der Waals surface area contributed by atoms with Gasteiger partial charge in [-0.3, -0.25) is 52.7 Å². The van der Waals surface area contributed by atoms with Crippen LogP contribution in [0.5, 0.6) is 0 Å². The van der Waals surface area contributed by atoms with Gasteiger partial charge >= 0.3 is 0 Å². The molecule has 15 unspecified atom stereocenters. The highest BCUT2D eigenvalue weighted by molar-refractivity contribution is 6.13. The highest BCUT2D eigenvalue weighted by Gasteiger charge is 2.48. The second kappa shape index (κ2) is 61.8. The van der Waals surface area contributed by atoms with Crippen LogP contribution in [0.4, 0.5) is 0 Å². The Morgan fingerprint density at radius 1 is 0.392 bits per heavy atom. The quantitative estimate of drug-likeness (QED) is 0.0203. The number of aliphatic hydroxyl groups excluding tert-OH is 8. The molecule has 0 aromatic carbocycles. The topological polar surface area (TPSA) is 565 Å². The van der Waals surface area contributed by atoms with Crippen molar-refractivity contribution in [3.8, 4) is 0 Å². The van der Waals surface area contributed by atoms with E-state index >= 15 is 0 Å². The molecule has 0 radical (unpaired) electrons. The van der Waals surface area contributed by atoms with Gasteiger partial charge in [-0.2, -0.15) is 0 Å². The van der Waals surface area contributed by atoms with Gasteiger partial charge in [-0.25, -0.2) is 0 Å². The normalized spacial score (nSPS) is 24.6. The molecule has 18 N–H and O–H groups in total. The molecule has 0 aromatic heterocycles. The Bertz CT molecular complexity index is 2740. The van der Waals surface area contributed by atoms with E-state index in [2.05, 4.69) is 53.2 Å². The van der Waals surface area contributed by atoms with Gasteiger partial charge in [0.25, 0.3) is 0 Å². The molecule has 4 heterocycles. The highest BCUT2D eigenvalue weighted by Crippen LogP contribution is 2.30. The molecule has 4 saturated heterocycles. The average Bonchev–Trinajstić information content (AvgIpc) is 0.911. The number of methoxy groups -OCH3 is 1. The molecule has 120 heavy (non-hydrogen) atoms. The first kappa shape index (κ1) is 106. The van der Waals surface area contributed by atoms with E-state index in [1.807, 2.05) is 4.90 Å². The number of aliphatic hydroxyl groups is 8. The van der Waals surface area contributed by atoms with Crippen LogP contribution in [0.3, 0.4) is 0 Å². The Kier molecular flexibility index (Phi) is 54.5. The van der Waals surface area contributed by atoms with Crippen LogP contribution in [-0.4, -0.2) is 355 Å². The predicted molar refractivity (Wildman–Crippen MR) is 434 cm³/mol. The fraction of sp³-hybridized carbons (Fsp3) is 0.861. The van der Waals surface area contributed by atoms with E-state index in [1.54, 1.807) is 15.0 Å². The molecule has 40 nitrogen and oxygen atoms in total. The van der Waals surface area contributed by atoms with Gasteiger partial charge in [-0.05, 0) is 89.3 Å². The van der Waals surface area contributed by atoms with E-state index in [0.717, 1.165) is 64.3 Å². The van der Waals surface area contributed by atoms with Gasteiger partial charge in [0.2, 0.25) is 65.0 Å². The van der Waals surface area contributed by atoms with E-state index in [0.29, 0.717) is 77.2 Å². The summed E-state index contributed by atoms with van der Waals surface area (Å²) < 4.78 is 57.9. The minimum absolute atomic E-state index is 0.0809. The highest BCUT2D eigenvalue weighted by atomic mass is 16.7. The summed E-state index contributed by atoms with van der Waals surface area (Å²) in [5.74, 6) is -3.72. The SMILES string of the molecule is BC1C(O)C(CO)OC(OCCCCC(=O)NCCCNC(=O)CCOCC(COCCC(=O)NCCCNC(=O)CCCCOC2OC(CO)C(O)C(O)C2NC(C)=O)(COCCC(=O)NCCCNC(=O)CCCCOC2OC(CO)C(O)C(O)C2NC(C)=O)NC(=O)CCCCCCCCCCC(=O)N2CCC[C@H]2COC)C1NC(C)=O. The molecular formula is C79H142BN11O29. The fourth-order valence-electron chi connectivity index (χ4n) is 14.2. The lowest BCUT2D eigenvalue weighted by Crippen LogP contribution is -2.64. The zero-order valence-corrected chi connectivity index (χ0v) is 71.1. The lowest BCUT2D eigenvalue weighted by Gasteiger charge is -2.43. The van der Waals surface area contributed by atoms with Gasteiger partial charge < -0.3 is 146 Å². The van der Waals surface area contributed by atoms with Crippen molar-refractivity contribution >= 4 is 72.8 Å². The van der Waals surface area contributed by atoms with Crippen LogP contribution < -0.4 is 53.2 Å². The van der Waals surface area contributed by atoms with E-state index in [1.165, 1.54) is 20.8 Å². The summed E-state index contributed by atoms with van der Waals surface area (Å²) in [5, 5.41) is 109. The summed E-state index contributed by atoms with van der Waals surface area (Å²) in [5.41, 5.74) is -1.41. The van der Waals surface area contributed by atoms with Crippen LogP contribution in [0.25, 0.3) is 0 Å². The molecular weight excluding hydrogens is 1580 g/mol. The van der Waals surface area contributed by atoms with Gasteiger partial charge in [0.15, 0.2) is 18.9 Å². The molecule has 690 valence electrons. The summed E-state index contributed by atoms with van der Waals surface area (Å²) in [6.07, 6.45) is 0.185. The maximum absolute atomic E-state index is 14.1. The van der Waals surface area contributed by atoms with Gasteiger partial charge in [-0.1, -0.05) is 38.5 Å². The third-order valence-corrected chi connectivity index (χ3v) is 20.9. The Hall–Kier alpha value is -6.49. The molecule has 0 aromatic rings. The second-order valence-corrected chi connectivity index (χ2v) is 31.2. The predicted octanol–water partition coefficient (Wildman–Crippen LogP) is -4.08. The minimum atomic E-state index is -1.46. The van der Waals surface area contributed by atoms with Crippen LogP contribution in [0.2, 0.25) is 5.82 Å². The number of nitrogens with one attached hydrogen (secondary N) is 10. The number of rotatable bonds is 65. The largest absolute Gasteiger partial charge is 0.394 e. The Balaban J connectivity index is 1.29. The number of likely N-dealkylation sites (tertiary alicyclic amines) is 1. The van der Waals surface area contributed by atoms with Crippen molar-refractivity contribution in [2.45, 2.75) is 297 Å². The molecule has 0 aliphatic carbocycles. The van der Waals surface area contributed by atoms with Crippen molar-refractivity contribution in [1.29, 1.82) is 0 Å². The maximum atomic E-state index is 14.1. The summed E-state index contributed by atoms with van der Waals surface area (Å²) in [6, 6.07) is -2.69. The summed E-state index contributed by atoms with van der Waals surface area (Å²) in [7, 11) is 3.38. The standard InChI is InChI=1S/C79H142BN11O29/c1-52(95)87-68-67(80)71(106)56(45-92)118-76(68)115-39-16-13-24-59(98)81-32-20-35-84-62(101)29-42-112-49-79(90-65(104)27-11-9-7-5-6-8-10-12-28-66(105)91-38-19-23-55(91)48-111-4,50-113-43-30-63(102)85-36-21-33-82-60(99)25-14-17-40-116-77-69(88-53(2)96)74(109)72(107)57(46-93)119-77)51-114-44-31-64(103)86-37-22-34-83-61(100)26-15-18-41-117-78-70(89-54(3)97)75(110)73(108)58(47-94)120-78/h55-58,67-78,92-94,106-110H,5-51,80H2,1-4H3,(H,81,98)(H,82,99)(H,83,100)(H,84,101)(H,85,102)(H,86,103)(H,87,95)(H,88,96)(H,89,97)(H,90,104)/t55-,56?,57?,58?,67?,68?,69?,70?,71?,72?,73?,74?,75?,76?,77?,78?,79?/m0/s1. The lowest BCUT2D eigenvalue weighted by molar-refractivity contribution is -0.270. The van der Waals surface area contributed by atoms with Crippen molar-refractivity contribution in [1.82, 2.24) is 58.1 Å². The monoisotopic (exact) mass is 1720 g/mol. The molecule has 4 rings (SSSR count). The molecule has 11 amide bonds. The van der Waals surface area contributed by atoms with Crippen LogP contribution in [0, 0.1) is 0 Å². The number of amides is 11. The smallest absolute Gasteiger partial charge is 0.222 e. The zero-order chi connectivity index (χ0) is 88.0. The van der Waals surface area contributed by atoms with E-state index in [9.17, 15) is 93.6 Å². The number of hydrogen-bond donors (Lipinski definition) is 18. The van der Waals surface area contributed by atoms with Crippen molar-refractivity contribution in [3.63, 3.8) is 0 Å². The third-order valence-electron chi connectivity index (χ3n) is 20.9. The molecule has 0 saturated carbocycles. The number of unbranched alkanes of at least 4 members (excludes halogenated alkanes) is 10. The second-order valence-electron chi connectivity index (χ2n) is 31.2. The zero-order valence-electron chi connectivity index (χ0n) is 71.1. The fourth-order valence-corrected chi connectivity index (χ4v) is 14.2. The Labute approximate surface area is 705 Å². The molecule has 4 fully saturated rings. The van der Waals surface area contributed by atoms with Gasteiger partial charge in [0, 0.05) is 145 Å². The molecule has 41 heteroatoms. The first-order chi connectivity index (χ1) is 57.7. The third kappa shape index (κ3) is 42.7. The van der Waals surface area contributed by atoms with Gasteiger partial charge in [0.1, 0.15) is 68.2 Å². The first-order valence-corrected chi connectivity index (χ1v) is 42.9. The molecule has 0 bridgehead atoms. The van der Waals surface area contributed by atoms with Crippen molar-refractivity contribution in [2.24, 2.45) is 0 Å². The lowest BCUT2D eigenvalue weighted by atomic mass is 9.72. The number of ether oxygens (including phenoxy) is 10. The van der Waals surface area contributed by atoms with Crippen LogP contribution in [0.15, 0.2) is 0 Å². The molecule has 4 aliphatic rings. The number of hydrogen-bond acceptors (Lipinski definition) is 29. The minimum Gasteiger partial charge on any atom is -0.394 e. The molecule has 16 atom stereocenters. The van der Waals surface area contributed by atoms with Crippen LogP contribution in [0.1, 0.15) is 194 Å². The van der Waals surface area contributed by atoms with Crippen LogP contribution in [-0.2, 0) is 100 Å². The first-order valence-electron chi connectivity index (χ1n) is 42.9. The van der Waals surface area contributed by atoms with Crippen molar-refractivity contribution in [2.75, 3.05) is 139 Å². The van der Waals surface area contributed by atoms with E-state index in [4.69, 9.17) is 47.4 Å². The summed E-state index contributed by atoms with van der Waals surface area (Å²) >= 11 is 0. The Morgan fingerprint density at radius 2 is 0.708 bits per heavy atom. The van der Waals surface area contributed by atoms with Gasteiger partial charge in [-0.15, -0.1) is 0 Å². The maximum Gasteiger partial charge on any atom is 0.222 e. The summed E-state index contributed by atoms with van der Waals surface area (Å²) in [6.45, 7) is 4.27. The van der Waals surface area contributed by atoms with Crippen molar-refractivity contribution < 1.29 is 141 Å².